The SMILES string of the molecule is COc1cc(CNc2ccc(Br)cc2C)cc(OC)c1OC. The van der Waals surface area contributed by atoms with E-state index in [1.165, 1.54) is 5.56 Å². The lowest BCUT2D eigenvalue weighted by molar-refractivity contribution is 0.324. The van der Waals surface area contributed by atoms with Crippen LogP contribution in [0.15, 0.2) is 34.8 Å². The van der Waals surface area contributed by atoms with Crippen molar-refractivity contribution < 1.29 is 14.2 Å². The molecule has 0 radical (unpaired) electrons. The van der Waals surface area contributed by atoms with Crippen LogP contribution in [0.25, 0.3) is 0 Å². The fraction of sp³-hybridized carbons (Fsp3) is 0.294. The molecule has 118 valence electrons. The molecule has 5 heteroatoms. The van der Waals surface area contributed by atoms with Crippen LogP contribution in [-0.2, 0) is 6.54 Å². The summed E-state index contributed by atoms with van der Waals surface area (Å²) < 4.78 is 17.1. The number of aryl methyl sites for hydroxylation is 1. The second kappa shape index (κ2) is 7.40. The van der Waals surface area contributed by atoms with E-state index in [9.17, 15) is 0 Å². The first-order valence-electron chi connectivity index (χ1n) is 6.88. The number of nitrogens with one attached hydrogen (secondary N) is 1. The van der Waals surface area contributed by atoms with Gasteiger partial charge in [0.1, 0.15) is 0 Å². The van der Waals surface area contributed by atoms with Gasteiger partial charge in [0.2, 0.25) is 5.75 Å². The van der Waals surface area contributed by atoms with Crippen LogP contribution in [0.1, 0.15) is 11.1 Å². The third-order valence-electron chi connectivity index (χ3n) is 3.40. The molecule has 0 saturated carbocycles. The zero-order valence-corrected chi connectivity index (χ0v) is 14.8. The van der Waals surface area contributed by atoms with E-state index < -0.39 is 0 Å². The number of hydrogen-bond acceptors (Lipinski definition) is 4. The molecular weight excluding hydrogens is 346 g/mol. The van der Waals surface area contributed by atoms with Gasteiger partial charge in [-0.25, -0.2) is 0 Å². The highest BCUT2D eigenvalue weighted by Gasteiger charge is 2.13. The van der Waals surface area contributed by atoms with Crippen molar-refractivity contribution >= 4 is 21.6 Å². The summed E-state index contributed by atoms with van der Waals surface area (Å²) in [4.78, 5) is 0. The second-order valence-corrected chi connectivity index (χ2v) is 5.76. The van der Waals surface area contributed by atoms with Crippen molar-refractivity contribution in [3.8, 4) is 17.2 Å². The van der Waals surface area contributed by atoms with Crippen molar-refractivity contribution in [2.45, 2.75) is 13.5 Å². The van der Waals surface area contributed by atoms with Crippen molar-refractivity contribution in [3.05, 3.63) is 45.9 Å². The first kappa shape index (κ1) is 16.5. The summed E-state index contributed by atoms with van der Waals surface area (Å²) in [6.45, 7) is 2.74. The van der Waals surface area contributed by atoms with Crippen LogP contribution >= 0.6 is 15.9 Å². The largest absolute Gasteiger partial charge is 0.493 e. The van der Waals surface area contributed by atoms with E-state index >= 15 is 0 Å². The van der Waals surface area contributed by atoms with Gasteiger partial charge in [0, 0.05) is 16.7 Å². The summed E-state index contributed by atoms with van der Waals surface area (Å²) in [7, 11) is 4.84. The maximum atomic E-state index is 5.37. The molecule has 0 fully saturated rings. The lowest BCUT2D eigenvalue weighted by Gasteiger charge is -2.15. The van der Waals surface area contributed by atoms with Gasteiger partial charge in [0.15, 0.2) is 11.5 Å². The molecule has 0 spiro atoms. The van der Waals surface area contributed by atoms with Gasteiger partial charge in [-0.15, -0.1) is 0 Å². The number of rotatable bonds is 6. The monoisotopic (exact) mass is 365 g/mol. The van der Waals surface area contributed by atoms with Gasteiger partial charge in [0.25, 0.3) is 0 Å². The highest BCUT2D eigenvalue weighted by atomic mass is 79.9. The highest BCUT2D eigenvalue weighted by molar-refractivity contribution is 9.10. The molecule has 0 heterocycles. The summed E-state index contributed by atoms with van der Waals surface area (Å²) >= 11 is 3.47. The Morgan fingerprint density at radius 2 is 1.59 bits per heavy atom. The predicted octanol–water partition coefficient (Wildman–Crippen LogP) is 4.40. The van der Waals surface area contributed by atoms with Crippen LogP contribution in [-0.4, -0.2) is 21.3 Å². The predicted molar refractivity (Wildman–Crippen MR) is 92.3 cm³/mol. The second-order valence-electron chi connectivity index (χ2n) is 4.85. The Balaban J connectivity index is 2.22. The average Bonchev–Trinajstić information content (AvgIpc) is 2.52. The zero-order valence-electron chi connectivity index (χ0n) is 13.2. The normalized spacial score (nSPS) is 10.2. The minimum absolute atomic E-state index is 0.605. The minimum Gasteiger partial charge on any atom is -0.493 e. The maximum Gasteiger partial charge on any atom is 0.203 e. The Morgan fingerprint density at radius 3 is 2.09 bits per heavy atom. The molecule has 2 aromatic carbocycles. The third kappa shape index (κ3) is 3.65. The lowest BCUT2D eigenvalue weighted by atomic mass is 10.1. The Labute approximate surface area is 139 Å². The van der Waals surface area contributed by atoms with Gasteiger partial charge in [-0.2, -0.15) is 0 Å². The van der Waals surface area contributed by atoms with Crippen LogP contribution in [0.3, 0.4) is 0 Å². The number of hydrogen-bond donors (Lipinski definition) is 1. The third-order valence-corrected chi connectivity index (χ3v) is 3.89. The quantitative estimate of drug-likeness (QED) is 0.823. The van der Waals surface area contributed by atoms with Crippen molar-refractivity contribution in [1.29, 1.82) is 0 Å². The molecule has 0 amide bonds. The van der Waals surface area contributed by atoms with Gasteiger partial charge >= 0.3 is 0 Å². The van der Waals surface area contributed by atoms with Gasteiger partial charge in [-0.1, -0.05) is 15.9 Å². The molecule has 0 aliphatic heterocycles. The molecule has 4 nitrogen and oxygen atoms in total. The molecule has 0 aliphatic carbocycles. The summed E-state index contributed by atoms with van der Waals surface area (Å²) in [5.74, 6) is 1.92. The fourth-order valence-electron chi connectivity index (χ4n) is 2.26. The Kier molecular flexibility index (Phi) is 5.55. The van der Waals surface area contributed by atoms with Gasteiger partial charge in [0.05, 0.1) is 21.3 Å². The number of methoxy groups -OCH3 is 3. The molecular formula is C17H20BrNO3. The minimum atomic E-state index is 0.605. The fourth-order valence-corrected chi connectivity index (χ4v) is 2.74. The number of benzene rings is 2. The standard InChI is InChI=1S/C17H20BrNO3/c1-11-7-13(18)5-6-14(11)19-10-12-8-15(20-2)17(22-4)16(9-12)21-3/h5-9,19H,10H2,1-4H3. The molecule has 0 aliphatic rings. The van der Waals surface area contributed by atoms with Gasteiger partial charge < -0.3 is 19.5 Å². The molecule has 1 N–H and O–H groups in total. The zero-order chi connectivity index (χ0) is 16.1. The molecule has 2 aromatic rings. The van der Waals surface area contributed by atoms with Crippen molar-refractivity contribution in [2.75, 3.05) is 26.6 Å². The van der Waals surface area contributed by atoms with Crippen LogP contribution in [0.4, 0.5) is 5.69 Å². The van der Waals surface area contributed by atoms with E-state index in [0.29, 0.717) is 23.8 Å². The van der Waals surface area contributed by atoms with Crippen LogP contribution in [0, 0.1) is 6.92 Å². The molecule has 0 unspecified atom stereocenters. The topological polar surface area (TPSA) is 39.7 Å². The molecule has 0 atom stereocenters. The van der Waals surface area contributed by atoms with E-state index in [1.54, 1.807) is 21.3 Å². The number of halogens is 1. The van der Waals surface area contributed by atoms with Crippen molar-refractivity contribution in [1.82, 2.24) is 0 Å². The molecule has 22 heavy (non-hydrogen) atoms. The van der Waals surface area contributed by atoms with E-state index in [-0.39, 0.29) is 0 Å². The van der Waals surface area contributed by atoms with E-state index in [4.69, 9.17) is 14.2 Å². The first-order chi connectivity index (χ1) is 10.6. The van der Waals surface area contributed by atoms with Crippen molar-refractivity contribution in [2.24, 2.45) is 0 Å². The van der Waals surface area contributed by atoms with E-state index in [0.717, 1.165) is 15.7 Å². The molecule has 0 bridgehead atoms. The summed E-state index contributed by atoms with van der Waals surface area (Å²) in [6.07, 6.45) is 0. The lowest BCUT2D eigenvalue weighted by Crippen LogP contribution is -2.03. The van der Waals surface area contributed by atoms with Crippen LogP contribution in [0.5, 0.6) is 17.2 Å². The Hall–Kier alpha value is -1.88. The van der Waals surface area contributed by atoms with E-state index in [2.05, 4.69) is 40.3 Å². The molecule has 0 aromatic heterocycles. The highest BCUT2D eigenvalue weighted by Crippen LogP contribution is 2.38. The summed E-state index contributed by atoms with van der Waals surface area (Å²) in [5.41, 5.74) is 3.33. The molecule has 0 saturated heterocycles. The van der Waals surface area contributed by atoms with E-state index in [1.807, 2.05) is 18.2 Å². The smallest absolute Gasteiger partial charge is 0.203 e. The first-order valence-corrected chi connectivity index (χ1v) is 7.67. The summed E-state index contributed by atoms with van der Waals surface area (Å²) in [6, 6.07) is 10.0. The number of anilines is 1. The summed E-state index contributed by atoms with van der Waals surface area (Å²) in [5, 5.41) is 3.42. The van der Waals surface area contributed by atoms with Gasteiger partial charge in [-0.3, -0.25) is 0 Å². The Morgan fingerprint density at radius 1 is 0.955 bits per heavy atom. The van der Waals surface area contributed by atoms with Crippen LogP contribution in [0.2, 0.25) is 0 Å². The maximum absolute atomic E-state index is 5.37. The number of ether oxygens (including phenoxy) is 3. The average molecular weight is 366 g/mol. The van der Waals surface area contributed by atoms with Gasteiger partial charge in [-0.05, 0) is 48.4 Å². The van der Waals surface area contributed by atoms with Crippen molar-refractivity contribution in [3.63, 3.8) is 0 Å². The Bertz CT molecular complexity index is 633. The van der Waals surface area contributed by atoms with Crippen LogP contribution < -0.4 is 19.5 Å². The molecule has 2 rings (SSSR count).